The third-order valence-electron chi connectivity index (χ3n) is 4.80. The van der Waals surface area contributed by atoms with E-state index in [-0.39, 0.29) is 23.5 Å². The van der Waals surface area contributed by atoms with Crippen LogP contribution in [0.2, 0.25) is 0 Å². The van der Waals surface area contributed by atoms with Crippen molar-refractivity contribution < 1.29 is 17.6 Å². The van der Waals surface area contributed by atoms with Gasteiger partial charge in [0.1, 0.15) is 28.6 Å². The molecule has 0 bridgehead atoms. The molecule has 27 heavy (non-hydrogen) atoms. The van der Waals surface area contributed by atoms with Gasteiger partial charge in [-0.05, 0) is 38.3 Å². The highest BCUT2D eigenvalue weighted by Crippen LogP contribution is 2.32. The number of halogens is 1. The third kappa shape index (κ3) is 3.82. The van der Waals surface area contributed by atoms with E-state index in [1.807, 2.05) is 0 Å². The molecule has 1 fully saturated rings. The van der Waals surface area contributed by atoms with Crippen LogP contribution in [-0.4, -0.2) is 60.5 Å². The summed E-state index contributed by atoms with van der Waals surface area (Å²) in [6.07, 6.45) is 2.96. The molecule has 9 nitrogen and oxygen atoms in total. The lowest BCUT2D eigenvalue weighted by Gasteiger charge is -2.34. The maximum absolute atomic E-state index is 14.5. The van der Waals surface area contributed by atoms with Gasteiger partial charge in [0.25, 0.3) is 0 Å². The lowest BCUT2D eigenvalue weighted by Crippen LogP contribution is -2.50. The first kappa shape index (κ1) is 19.3. The van der Waals surface area contributed by atoms with E-state index in [1.54, 1.807) is 4.90 Å². The van der Waals surface area contributed by atoms with Gasteiger partial charge in [0.2, 0.25) is 16.0 Å². The van der Waals surface area contributed by atoms with Gasteiger partial charge >= 0.3 is 6.03 Å². The number of piperidine rings is 1. The summed E-state index contributed by atoms with van der Waals surface area (Å²) in [5, 5.41) is 2.65. The second-order valence-corrected chi connectivity index (χ2v) is 8.97. The van der Waals surface area contributed by atoms with Crippen LogP contribution in [0, 0.1) is 5.82 Å². The van der Waals surface area contributed by atoms with Crippen LogP contribution in [-0.2, 0) is 15.6 Å². The van der Waals surface area contributed by atoms with Crippen molar-refractivity contribution in [2.45, 2.75) is 31.7 Å². The number of carbonyl (C=O) groups excluding carboxylic acids is 1. The Labute approximate surface area is 157 Å². The van der Waals surface area contributed by atoms with Crippen molar-refractivity contribution in [3.05, 3.63) is 23.6 Å². The van der Waals surface area contributed by atoms with E-state index in [1.165, 1.54) is 20.0 Å². The fraction of sp³-hybridized carbons (Fsp3) is 0.562. The van der Waals surface area contributed by atoms with Crippen LogP contribution in [0.1, 0.15) is 31.9 Å². The van der Waals surface area contributed by atoms with Crippen LogP contribution in [0.25, 0.3) is 0 Å². The molecule has 0 saturated carbocycles. The van der Waals surface area contributed by atoms with E-state index in [4.69, 9.17) is 5.73 Å². The van der Waals surface area contributed by atoms with Gasteiger partial charge in [-0.25, -0.2) is 31.9 Å². The van der Waals surface area contributed by atoms with Crippen LogP contribution >= 0.6 is 0 Å². The number of nitrogens with two attached hydrogens (primary N) is 1. The molecule has 3 heterocycles. The maximum atomic E-state index is 14.5. The Hall–Kier alpha value is -2.43. The highest BCUT2D eigenvalue weighted by Gasteiger charge is 2.43. The molecule has 11 heteroatoms. The average molecular weight is 398 g/mol. The zero-order chi connectivity index (χ0) is 19.8. The van der Waals surface area contributed by atoms with Gasteiger partial charge in [0, 0.05) is 20.1 Å². The number of amides is 2. The van der Waals surface area contributed by atoms with Gasteiger partial charge in [-0.3, -0.25) is 5.32 Å². The van der Waals surface area contributed by atoms with Crippen molar-refractivity contribution in [2.75, 3.05) is 31.2 Å². The fourth-order valence-electron chi connectivity index (χ4n) is 3.25. The first-order valence-electron chi connectivity index (χ1n) is 8.67. The van der Waals surface area contributed by atoms with Crippen LogP contribution in [0.4, 0.5) is 15.0 Å². The molecule has 1 aromatic heterocycles. The molecule has 3 N–H and O–H groups in total. The van der Waals surface area contributed by atoms with Gasteiger partial charge in [-0.15, -0.1) is 0 Å². The Morgan fingerprint density at radius 1 is 1.30 bits per heavy atom. The van der Waals surface area contributed by atoms with Crippen molar-refractivity contribution in [3.63, 3.8) is 0 Å². The van der Waals surface area contributed by atoms with E-state index in [9.17, 15) is 17.6 Å². The van der Waals surface area contributed by atoms with Crippen molar-refractivity contribution in [2.24, 2.45) is 10.7 Å². The van der Waals surface area contributed by atoms with Crippen molar-refractivity contribution in [1.82, 2.24) is 14.2 Å². The van der Waals surface area contributed by atoms with Gasteiger partial charge in [0.15, 0.2) is 0 Å². The lowest BCUT2D eigenvalue weighted by molar-refractivity contribution is 0.200. The number of sulfonamides is 1. The molecular formula is C16H23FN6O3S. The smallest absolute Gasteiger partial charge is 0.323 e. The Morgan fingerprint density at radius 3 is 2.59 bits per heavy atom. The summed E-state index contributed by atoms with van der Waals surface area (Å²) in [4.78, 5) is 22.3. The standard InChI is InChI=1S/C16H23FN6O3S/c1-16(10-27(25,26)22(2)14(18)21-16)13-11(17)6-7-12(19-13)20-15(24)23-8-4-3-5-9-23/h6-7H,3-5,8-10H2,1-2H3,(H2,18,21)(H,19,20,24)/t16-/m0/s1. The third-order valence-corrected chi connectivity index (χ3v) is 6.75. The Kier molecular flexibility index (Phi) is 4.98. The van der Waals surface area contributed by atoms with E-state index in [0.717, 1.165) is 29.6 Å². The monoisotopic (exact) mass is 398 g/mol. The molecule has 0 spiro atoms. The number of hydrogen-bond donors (Lipinski definition) is 2. The Bertz CT molecular complexity index is 884. The summed E-state index contributed by atoms with van der Waals surface area (Å²) < 4.78 is 39.9. The highest BCUT2D eigenvalue weighted by molar-refractivity contribution is 7.89. The second kappa shape index (κ2) is 6.95. The number of hydrogen-bond acceptors (Lipinski definition) is 6. The molecule has 2 aliphatic rings. The van der Waals surface area contributed by atoms with Gasteiger partial charge in [0.05, 0.1) is 0 Å². The molecule has 2 aliphatic heterocycles. The topological polar surface area (TPSA) is 121 Å². The number of pyridine rings is 1. The summed E-state index contributed by atoms with van der Waals surface area (Å²) in [6.45, 7) is 2.76. The Balaban J connectivity index is 1.90. The van der Waals surface area contributed by atoms with E-state index < -0.39 is 27.1 Å². The van der Waals surface area contributed by atoms with E-state index in [0.29, 0.717) is 13.1 Å². The number of anilines is 1. The Morgan fingerprint density at radius 2 is 1.96 bits per heavy atom. The SMILES string of the molecule is CN1C(N)=N[C@](C)(c2nc(NC(=O)N3CCCCC3)ccc2F)CS1(=O)=O. The largest absolute Gasteiger partial charge is 0.369 e. The predicted octanol–water partition coefficient (Wildman–Crippen LogP) is 1.04. The number of carbonyl (C=O) groups is 1. The molecule has 1 atom stereocenters. The lowest BCUT2D eigenvalue weighted by atomic mass is 10.00. The fourth-order valence-corrected chi connectivity index (χ4v) is 4.68. The van der Waals surface area contributed by atoms with E-state index in [2.05, 4.69) is 15.3 Å². The van der Waals surface area contributed by atoms with Crippen LogP contribution in [0.15, 0.2) is 17.1 Å². The number of likely N-dealkylation sites (tertiary alicyclic amines) is 1. The molecular weight excluding hydrogens is 375 g/mol. The van der Waals surface area contributed by atoms with Crippen LogP contribution in [0.3, 0.4) is 0 Å². The quantitative estimate of drug-likeness (QED) is 0.771. The zero-order valence-corrected chi connectivity index (χ0v) is 16.1. The molecule has 1 saturated heterocycles. The number of guanidine groups is 1. The highest BCUT2D eigenvalue weighted by atomic mass is 32.2. The van der Waals surface area contributed by atoms with Crippen molar-refractivity contribution >= 4 is 27.8 Å². The summed E-state index contributed by atoms with van der Waals surface area (Å²) in [5.41, 5.74) is 4.03. The molecule has 0 unspecified atom stereocenters. The normalized spacial score (nSPS) is 25.1. The second-order valence-electron chi connectivity index (χ2n) is 6.97. The van der Waals surface area contributed by atoms with E-state index >= 15 is 0 Å². The summed E-state index contributed by atoms with van der Waals surface area (Å²) in [6, 6.07) is 2.15. The summed E-state index contributed by atoms with van der Waals surface area (Å²) >= 11 is 0. The number of urea groups is 1. The maximum Gasteiger partial charge on any atom is 0.323 e. The molecule has 1 aromatic rings. The number of rotatable bonds is 2. The number of aliphatic imine (C=N–C) groups is 1. The first-order chi connectivity index (χ1) is 12.6. The van der Waals surface area contributed by atoms with Gasteiger partial charge in [-0.2, -0.15) is 0 Å². The number of nitrogens with zero attached hydrogens (tertiary/aromatic N) is 4. The zero-order valence-electron chi connectivity index (χ0n) is 15.3. The van der Waals surface area contributed by atoms with Gasteiger partial charge < -0.3 is 10.6 Å². The number of aromatic nitrogens is 1. The molecule has 0 aromatic carbocycles. The summed E-state index contributed by atoms with van der Waals surface area (Å²) in [7, 11) is -2.48. The molecule has 3 rings (SSSR count). The number of nitrogens with one attached hydrogen (secondary N) is 1. The van der Waals surface area contributed by atoms with Crippen LogP contribution < -0.4 is 11.1 Å². The van der Waals surface area contributed by atoms with Gasteiger partial charge in [-0.1, -0.05) is 0 Å². The minimum atomic E-state index is -3.76. The molecule has 148 valence electrons. The minimum Gasteiger partial charge on any atom is -0.369 e. The molecule has 2 amide bonds. The van der Waals surface area contributed by atoms with Crippen LogP contribution in [0.5, 0.6) is 0 Å². The first-order valence-corrected chi connectivity index (χ1v) is 10.3. The average Bonchev–Trinajstić information content (AvgIpc) is 2.61. The molecule has 0 radical (unpaired) electrons. The van der Waals surface area contributed by atoms with Crippen molar-refractivity contribution in [3.8, 4) is 0 Å². The predicted molar refractivity (Wildman–Crippen MR) is 99.2 cm³/mol. The molecule has 0 aliphatic carbocycles. The summed E-state index contributed by atoms with van der Waals surface area (Å²) in [5.74, 6) is -1.31. The minimum absolute atomic E-state index is 0.133. The van der Waals surface area contributed by atoms with Crippen molar-refractivity contribution in [1.29, 1.82) is 0 Å².